The van der Waals surface area contributed by atoms with Crippen LogP contribution in [0.1, 0.15) is 5.56 Å². The zero-order valence-electron chi connectivity index (χ0n) is 16.1. The molecule has 9 heteroatoms. The van der Waals surface area contributed by atoms with Gasteiger partial charge in [-0.2, -0.15) is 10.2 Å². The summed E-state index contributed by atoms with van der Waals surface area (Å²) < 4.78 is 11.4. The Morgan fingerprint density at radius 3 is 2.90 bits per heavy atom. The number of rotatable bonds is 6. The lowest BCUT2D eigenvalue weighted by Gasteiger charge is -2.26. The van der Waals surface area contributed by atoms with Gasteiger partial charge in [0.2, 0.25) is 0 Å². The van der Waals surface area contributed by atoms with Crippen molar-refractivity contribution in [1.29, 1.82) is 0 Å². The Kier molecular flexibility index (Phi) is 5.89. The smallest absolute Gasteiger partial charge is 0.166 e. The fourth-order valence-electron chi connectivity index (χ4n) is 3.43. The predicted octanol–water partition coefficient (Wildman–Crippen LogP) is 1.02. The van der Waals surface area contributed by atoms with Crippen molar-refractivity contribution in [3.63, 3.8) is 0 Å². The van der Waals surface area contributed by atoms with E-state index in [9.17, 15) is 0 Å². The summed E-state index contributed by atoms with van der Waals surface area (Å²) in [6.45, 7) is 5.01. The molecule has 29 heavy (non-hydrogen) atoms. The highest BCUT2D eigenvalue weighted by Gasteiger charge is 2.13. The molecule has 1 fully saturated rings. The maximum Gasteiger partial charge on any atom is 0.166 e. The van der Waals surface area contributed by atoms with E-state index in [1.807, 2.05) is 42.5 Å². The first-order valence-electron chi connectivity index (χ1n) is 9.55. The number of hydrogen-bond donors (Lipinski definition) is 4. The van der Waals surface area contributed by atoms with Crippen LogP contribution < -0.4 is 21.8 Å². The average molecular weight is 395 g/mol. The third-order valence-corrected chi connectivity index (χ3v) is 4.99. The number of benzene rings is 2. The Morgan fingerprint density at radius 1 is 1.24 bits per heavy atom. The Hall–Kier alpha value is -3.14. The van der Waals surface area contributed by atoms with Crippen molar-refractivity contribution in [3.8, 4) is 17.0 Å². The molecule has 0 aliphatic carbocycles. The number of nitrogens with one attached hydrogen (secondary N) is 2. The van der Waals surface area contributed by atoms with Gasteiger partial charge in [0.25, 0.3) is 0 Å². The topological polar surface area (TPSA) is 127 Å². The van der Waals surface area contributed by atoms with Crippen LogP contribution in [0.4, 0.5) is 0 Å². The average Bonchev–Trinajstić information content (AvgIpc) is 3.19. The van der Waals surface area contributed by atoms with Gasteiger partial charge < -0.3 is 20.7 Å². The van der Waals surface area contributed by atoms with E-state index in [4.69, 9.17) is 21.2 Å². The van der Waals surface area contributed by atoms with E-state index in [-0.39, 0.29) is 0 Å². The molecule has 1 aliphatic heterocycles. The van der Waals surface area contributed by atoms with Gasteiger partial charge in [-0.3, -0.25) is 10.00 Å². The lowest BCUT2D eigenvalue weighted by Crippen LogP contribution is -2.38. The zero-order valence-corrected chi connectivity index (χ0v) is 16.1. The number of aromatic nitrogens is 2. The second-order valence-corrected chi connectivity index (χ2v) is 6.78. The normalized spacial score (nSPS) is 15.6. The minimum absolute atomic E-state index is 0.402. The molecule has 0 spiro atoms. The Morgan fingerprint density at radius 2 is 2.10 bits per heavy atom. The van der Waals surface area contributed by atoms with Crippen molar-refractivity contribution in [2.75, 3.05) is 39.5 Å². The monoisotopic (exact) mass is 395 g/mol. The molecule has 9 nitrogen and oxygen atoms in total. The quantitative estimate of drug-likeness (QED) is 0.212. The molecule has 152 valence electrons. The van der Waals surface area contributed by atoms with Crippen molar-refractivity contribution in [2.24, 2.45) is 16.8 Å². The lowest BCUT2D eigenvalue weighted by atomic mass is 10.0. The molecule has 0 unspecified atom stereocenters. The molecule has 2 heterocycles. The number of nitrogens with zero attached hydrogens (tertiary/aromatic N) is 3. The van der Waals surface area contributed by atoms with Gasteiger partial charge in [0, 0.05) is 36.1 Å². The van der Waals surface area contributed by atoms with Crippen molar-refractivity contribution >= 4 is 16.7 Å². The van der Waals surface area contributed by atoms with Crippen LogP contribution in [-0.4, -0.2) is 60.4 Å². The third kappa shape index (κ3) is 4.32. The van der Waals surface area contributed by atoms with Gasteiger partial charge in [-0.05, 0) is 30.3 Å². The van der Waals surface area contributed by atoms with E-state index in [1.165, 1.54) is 0 Å². The number of hydrogen-bond acceptors (Lipinski definition) is 7. The second kappa shape index (κ2) is 8.91. The molecule has 4 rings (SSSR count). The summed E-state index contributed by atoms with van der Waals surface area (Å²) in [6.07, 6.45) is 0. The van der Waals surface area contributed by atoms with Crippen LogP contribution in [0.5, 0.6) is 5.75 Å². The summed E-state index contributed by atoms with van der Waals surface area (Å²) in [5.74, 6) is 12.1. The van der Waals surface area contributed by atoms with E-state index in [1.54, 1.807) is 0 Å². The van der Waals surface area contributed by atoms with Gasteiger partial charge in [-0.25, -0.2) is 5.84 Å². The summed E-state index contributed by atoms with van der Waals surface area (Å²) in [5.41, 5.74) is 5.99. The molecule has 3 aromatic rings. The van der Waals surface area contributed by atoms with Crippen LogP contribution >= 0.6 is 0 Å². The molecule has 2 aromatic carbocycles. The maximum atomic E-state index is 5.97. The minimum Gasteiger partial charge on any atom is -0.492 e. The van der Waals surface area contributed by atoms with Gasteiger partial charge in [-0.1, -0.05) is 12.1 Å². The highest BCUT2D eigenvalue weighted by Crippen LogP contribution is 2.29. The van der Waals surface area contributed by atoms with Gasteiger partial charge in [0.1, 0.15) is 18.1 Å². The zero-order chi connectivity index (χ0) is 20.1. The number of hydrazine groups is 1. The first-order chi connectivity index (χ1) is 14.3. The van der Waals surface area contributed by atoms with Gasteiger partial charge >= 0.3 is 0 Å². The van der Waals surface area contributed by atoms with Crippen LogP contribution in [0.15, 0.2) is 47.6 Å². The summed E-state index contributed by atoms with van der Waals surface area (Å²) in [5, 5.41) is 12.2. The Labute approximate surface area is 168 Å². The van der Waals surface area contributed by atoms with E-state index in [0.29, 0.717) is 12.4 Å². The summed E-state index contributed by atoms with van der Waals surface area (Å²) >= 11 is 0. The minimum atomic E-state index is 0.402. The fraction of sp³-hybridized carbons (Fsp3) is 0.300. The van der Waals surface area contributed by atoms with Crippen molar-refractivity contribution in [3.05, 3.63) is 48.0 Å². The van der Waals surface area contributed by atoms with Crippen LogP contribution in [-0.2, 0) is 4.74 Å². The number of hydrazone groups is 1. The molecule has 0 radical (unpaired) electrons. The summed E-state index contributed by atoms with van der Waals surface area (Å²) in [6, 6.07) is 13.7. The lowest BCUT2D eigenvalue weighted by molar-refractivity contribution is 0.0322. The number of nitrogens with two attached hydrogens (primary N) is 2. The number of H-pyrrole nitrogens is 1. The highest BCUT2D eigenvalue weighted by atomic mass is 16.5. The maximum absolute atomic E-state index is 5.97. The third-order valence-electron chi connectivity index (χ3n) is 4.99. The van der Waals surface area contributed by atoms with Gasteiger partial charge in [0.15, 0.2) is 5.84 Å². The largest absolute Gasteiger partial charge is 0.492 e. The highest BCUT2D eigenvalue weighted by molar-refractivity contribution is 6.03. The Bertz CT molecular complexity index is 995. The number of aromatic amines is 1. The van der Waals surface area contributed by atoms with Crippen molar-refractivity contribution in [2.45, 2.75) is 0 Å². The van der Waals surface area contributed by atoms with Crippen molar-refractivity contribution in [1.82, 2.24) is 20.5 Å². The van der Waals surface area contributed by atoms with Crippen LogP contribution in [0.3, 0.4) is 0 Å². The second-order valence-electron chi connectivity index (χ2n) is 6.78. The molecule has 1 aliphatic rings. The predicted molar refractivity (Wildman–Crippen MR) is 112 cm³/mol. The van der Waals surface area contributed by atoms with Gasteiger partial charge in [-0.15, -0.1) is 0 Å². The molecule has 0 amide bonds. The molecule has 0 bridgehead atoms. The fourth-order valence-corrected chi connectivity index (χ4v) is 3.43. The molecule has 1 aromatic heterocycles. The van der Waals surface area contributed by atoms with Crippen LogP contribution in [0.25, 0.3) is 22.2 Å². The molecule has 0 saturated carbocycles. The van der Waals surface area contributed by atoms with Crippen LogP contribution in [0, 0.1) is 0 Å². The standard InChI is InChI=1S/C20H25N7O2/c21-23-20(24-22)15-4-5-18-17(13-15)19(26-25-18)14-2-1-3-16(12-14)29-11-8-27-6-9-28-10-7-27/h1-5,12-13H,6-11,21-22H2,(H,23,24)(H,25,26). The van der Waals surface area contributed by atoms with E-state index < -0.39 is 0 Å². The van der Waals surface area contributed by atoms with E-state index in [2.05, 4.69) is 25.6 Å². The molecular weight excluding hydrogens is 370 g/mol. The molecular formula is C20H25N7O2. The van der Waals surface area contributed by atoms with Gasteiger partial charge in [0.05, 0.1) is 18.7 Å². The number of fused-ring (bicyclic) bond motifs is 1. The Balaban J connectivity index is 1.52. The number of amidine groups is 1. The first-order valence-corrected chi connectivity index (χ1v) is 9.55. The molecule has 6 N–H and O–H groups in total. The molecule has 0 atom stereocenters. The summed E-state index contributed by atoms with van der Waals surface area (Å²) in [7, 11) is 0. The van der Waals surface area contributed by atoms with E-state index >= 15 is 0 Å². The first kappa shape index (κ1) is 19.2. The van der Waals surface area contributed by atoms with E-state index in [0.717, 1.165) is 66.3 Å². The SMILES string of the molecule is N/N=C(\NN)c1ccc2[nH]nc(-c3cccc(OCCN4CCOCC4)c3)c2c1. The summed E-state index contributed by atoms with van der Waals surface area (Å²) in [4.78, 5) is 2.35. The van der Waals surface area contributed by atoms with Crippen LogP contribution in [0.2, 0.25) is 0 Å². The number of ether oxygens (including phenoxy) is 2. The molecule has 1 saturated heterocycles. The number of morpholine rings is 1. The van der Waals surface area contributed by atoms with Crippen molar-refractivity contribution < 1.29 is 9.47 Å².